The highest BCUT2D eigenvalue weighted by Gasteiger charge is 1.94. The second kappa shape index (κ2) is 4.98. The molecule has 0 saturated heterocycles. The Hall–Kier alpha value is -0.880. The summed E-state index contributed by atoms with van der Waals surface area (Å²) >= 11 is 5.56. The number of rotatable bonds is 0. The summed E-state index contributed by atoms with van der Waals surface area (Å²) in [6.45, 7) is 0. The highest BCUT2D eigenvalue weighted by Crippen LogP contribution is 2.10. The maximum absolute atomic E-state index is 9.99. The minimum atomic E-state index is -5.67. The van der Waals surface area contributed by atoms with Crippen molar-refractivity contribution in [3.8, 4) is 0 Å². The van der Waals surface area contributed by atoms with Crippen molar-refractivity contribution >= 4 is 27.9 Å². The molecule has 0 aliphatic heterocycles. The third-order valence-corrected chi connectivity index (χ3v) is 1.08. The summed E-state index contributed by atoms with van der Waals surface area (Å²) in [6, 6.07) is 7.11. The minimum Gasteiger partial charge on any atom is -0.399 e. The number of hydrogen-bond acceptors (Lipinski definition) is 3. The van der Waals surface area contributed by atoms with Crippen molar-refractivity contribution < 1.29 is 16.2 Å². The second-order valence-electron chi connectivity index (χ2n) is 1.93. The maximum atomic E-state index is 9.99. The predicted octanol–water partition coefficient (Wildman–Crippen LogP) is 2.09. The summed E-state index contributed by atoms with van der Waals surface area (Å²) in [5.74, 6) is 0. The van der Waals surface area contributed by atoms with Gasteiger partial charge in [-0.2, -0.15) is 8.42 Å². The molecule has 13 heavy (non-hydrogen) atoms. The largest absolute Gasteiger partial charge is 0.476 e. The highest BCUT2D eigenvalue weighted by atomic mass is 35.5. The molecule has 1 aromatic rings. The molecule has 0 atom stereocenters. The molecule has 0 unspecified atom stereocenters. The van der Waals surface area contributed by atoms with Gasteiger partial charge in [-0.15, -0.1) is 0 Å². The number of hydrogen-bond donors (Lipinski definition) is 1. The van der Waals surface area contributed by atoms with E-state index in [1.165, 1.54) is 0 Å². The van der Waals surface area contributed by atoms with E-state index < -0.39 is 10.6 Å². The average molecular weight is 230 g/mol. The summed E-state index contributed by atoms with van der Waals surface area (Å²) in [4.78, 5) is 0. The van der Waals surface area contributed by atoms with Crippen LogP contribution in [-0.4, -0.2) is 8.42 Å². The van der Waals surface area contributed by atoms with Crippen molar-refractivity contribution in [3.05, 3.63) is 29.3 Å². The van der Waals surface area contributed by atoms with Crippen LogP contribution in [0.5, 0.6) is 0 Å². The van der Waals surface area contributed by atoms with Crippen molar-refractivity contribution in [2.24, 2.45) is 0 Å². The fourth-order valence-electron chi connectivity index (χ4n) is 0.507. The van der Waals surface area contributed by atoms with Crippen molar-refractivity contribution in [2.45, 2.75) is 0 Å². The minimum absolute atomic E-state index is 0.685. The Morgan fingerprint density at radius 2 is 1.77 bits per heavy atom. The average Bonchev–Trinajstić information content (AvgIpc) is 1.81. The van der Waals surface area contributed by atoms with E-state index in [1.54, 1.807) is 18.2 Å². The molecule has 74 valence electrons. The fraction of sp³-hybridized carbons (Fsp3) is 0. The Kier molecular flexibility index (Phi) is 4.64. The van der Waals surface area contributed by atoms with E-state index in [9.17, 15) is 7.77 Å². The van der Waals surface area contributed by atoms with E-state index in [0.717, 1.165) is 0 Å². The highest BCUT2D eigenvalue weighted by molar-refractivity contribution is 7.81. The summed E-state index contributed by atoms with van der Waals surface area (Å²) in [7, 11) is -5.67. The number of halogens is 3. The zero-order chi connectivity index (χ0) is 10.5. The molecule has 3 nitrogen and oxygen atoms in total. The van der Waals surface area contributed by atoms with Crippen LogP contribution in [0.3, 0.4) is 0 Å². The molecular formula is C6H6ClF2NO2S. The van der Waals surface area contributed by atoms with Gasteiger partial charge in [-0.3, -0.25) is 0 Å². The number of nitrogen functional groups attached to an aromatic ring is 1. The van der Waals surface area contributed by atoms with Gasteiger partial charge in [0.25, 0.3) is 0 Å². The van der Waals surface area contributed by atoms with E-state index in [4.69, 9.17) is 25.8 Å². The molecule has 0 amide bonds. The lowest BCUT2D eigenvalue weighted by Gasteiger charge is -1.89. The topological polar surface area (TPSA) is 60.2 Å². The third kappa shape index (κ3) is 11.1. The summed E-state index contributed by atoms with van der Waals surface area (Å²) in [6.07, 6.45) is 0. The zero-order valence-corrected chi connectivity index (χ0v) is 7.82. The fourth-order valence-corrected chi connectivity index (χ4v) is 0.705. The van der Waals surface area contributed by atoms with E-state index in [2.05, 4.69) is 0 Å². The third-order valence-electron chi connectivity index (χ3n) is 0.849. The molecule has 7 heteroatoms. The van der Waals surface area contributed by atoms with E-state index in [-0.39, 0.29) is 0 Å². The molecule has 0 spiro atoms. The Bertz CT molecular complexity index is 343. The molecule has 0 aliphatic carbocycles. The Balaban J connectivity index is 0.000000252. The molecule has 1 aromatic carbocycles. The zero-order valence-electron chi connectivity index (χ0n) is 6.25. The van der Waals surface area contributed by atoms with Crippen molar-refractivity contribution in [1.29, 1.82) is 0 Å². The van der Waals surface area contributed by atoms with Crippen LogP contribution < -0.4 is 5.73 Å². The van der Waals surface area contributed by atoms with Crippen LogP contribution in [0.15, 0.2) is 24.3 Å². The standard InChI is InChI=1S/C6H6ClN.F2O2S/c7-5-2-1-3-6(8)4-5;1-5(2,3)4/h1-4H,8H2;. The van der Waals surface area contributed by atoms with Gasteiger partial charge in [-0.25, -0.2) is 0 Å². The van der Waals surface area contributed by atoms with Gasteiger partial charge < -0.3 is 5.73 Å². The van der Waals surface area contributed by atoms with E-state index in [1.807, 2.05) is 6.07 Å². The molecule has 1 rings (SSSR count). The van der Waals surface area contributed by atoms with Crippen LogP contribution in [0, 0.1) is 0 Å². The maximum Gasteiger partial charge on any atom is 0.476 e. The first-order chi connectivity index (χ1) is 5.79. The molecule has 0 heterocycles. The molecule has 0 aromatic heterocycles. The number of anilines is 1. The molecule has 0 bridgehead atoms. The smallest absolute Gasteiger partial charge is 0.399 e. The van der Waals surface area contributed by atoms with Crippen molar-refractivity contribution in [3.63, 3.8) is 0 Å². The lowest BCUT2D eigenvalue weighted by Crippen LogP contribution is -1.80. The molecule has 2 N–H and O–H groups in total. The first-order valence-corrected chi connectivity index (χ1v) is 4.60. The van der Waals surface area contributed by atoms with E-state index >= 15 is 0 Å². The van der Waals surface area contributed by atoms with Crippen LogP contribution in [0.25, 0.3) is 0 Å². The Morgan fingerprint density at radius 3 is 2.00 bits per heavy atom. The van der Waals surface area contributed by atoms with Crippen LogP contribution in [-0.2, 0) is 10.6 Å². The summed E-state index contributed by atoms with van der Waals surface area (Å²) in [5, 5.41) is 0.685. The van der Waals surface area contributed by atoms with Gasteiger partial charge in [0.05, 0.1) is 0 Å². The first-order valence-electron chi connectivity index (χ1n) is 2.94. The Labute approximate surface area is 79.6 Å². The molecule has 0 radical (unpaired) electrons. The van der Waals surface area contributed by atoms with Gasteiger partial charge in [-0.1, -0.05) is 25.4 Å². The normalized spacial score (nSPS) is 10.1. The van der Waals surface area contributed by atoms with E-state index in [0.29, 0.717) is 10.7 Å². The van der Waals surface area contributed by atoms with Gasteiger partial charge in [0.2, 0.25) is 0 Å². The lowest BCUT2D eigenvalue weighted by atomic mass is 10.3. The van der Waals surface area contributed by atoms with Crippen LogP contribution in [0.1, 0.15) is 0 Å². The Morgan fingerprint density at radius 1 is 1.31 bits per heavy atom. The second-order valence-corrected chi connectivity index (χ2v) is 3.13. The summed E-state index contributed by atoms with van der Waals surface area (Å²) in [5.41, 5.74) is 6.08. The molecule has 0 fully saturated rings. The van der Waals surface area contributed by atoms with Crippen molar-refractivity contribution in [2.75, 3.05) is 5.73 Å². The predicted molar refractivity (Wildman–Crippen MR) is 47.0 cm³/mol. The van der Waals surface area contributed by atoms with Crippen LogP contribution in [0.4, 0.5) is 13.5 Å². The van der Waals surface area contributed by atoms with Crippen molar-refractivity contribution in [1.82, 2.24) is 0 Å². The van der Waals surface area contributed by atoms with Gasteiger partial charge >= 0.3 is 10.6 Å². The number of nitrogens with two attached hydrogens (primary N) is 1. The van der Waals surface area contributed by atoms with Crippen LogP contribution in [0.2, 0.25) is 5.02 Å². The SMILES string of the molecule is Nc1cccc(Cl)c1.O=S(=O)(F)F. The lowest BCUT2D eigenvalue weighted by molar-refractivity contribution is 0.501. The quantitative estimate of drug-likeness (QED) is 0.547. The van der Waals surface area contributed by atoms with Gasteiger partial charge in [-0.05, 0) is 18.2 Å². The van der Waals surface area contributed by atoms with Gasteiger partial charge in [0, 0.05) is 10.7 Å². The monoisotopic (exact) mass is 229 g/mol. The van der Waals surface area contributed by atoms with Crippen LogP contribution >= 0.6 is 11.6 Å². The molecular weight excluding hydrogens is 224 g/mol. The van der Waals surface area contributed by atoms with Gasteiger partial charge in [0.1, 0.15) is 0 Å². The van der Waals surface area contributed by atoms with Gasteiger partial charge in [0.15, 0.2) is 0 Å². The molecule has 0 saturated carbocycles. The summed E-state index contributed by atoms with van der Waals surface area (Å²) < 4.78 is 36.6. The first kappa shape index (κ1) is 12.1. The number of benzene rings is 1. The molecule has 0 aliphatic rings.